The summed E-state index contributed by atoms with van der Waals surface area (Å²) in [6, 6.07) is 0.182. The monoisotopic (exact) mass is 206 g/mol. The van der Waals surface area contributed by atoms with E-state index in [4.69, 9.17) is 5.73 Å². The van der Waals surface area contributed by atoms with Crippen molar-refractivity contribution in [3.8, 4) is 0 Å². The Morgan fingerprint density at radius 1 is 1.47 bits per heavy atom. The Kier molecular flexibility index (Phi) is 2.86. The SMILES string of the molecule is CCCn1c(C)nnc1C1C=CC(N)C1. The molecule has 2 N–H and O–H groups in total. The van der Waals surface area contributed by atoms with E-state index >= 15 is 0 Å². The van der Waals surface area contributed by atoms with E-state index in [-0.39, 0.29) is 6.04 Å². The summed E-state index contributed by atoms with van der Waals surface area (Å²) in [5.74, 6) is 2.42. The van der Waals surface area contributed by atoms with E-state index in [0.717, 1.165) is 31.0 Å². The minimum absolute atomic E-state index is 0.182. The minimum Gasteiger partial charge on any atom is -0.324 e. The van der Waals surface area contributed by atoms with Crippen molar-refractivity contribution in [3.05, 3.63) is 23.8 Å². The van der Waals surface area contributed by atoms with Crippen molar-refractivity contribution < 1.29 is 0 Å². The second-order valence-electron chi connectivity index (χ2n) is 4.15. The van der Waals surface area contributed by atoms with E-state index in [1.807, 2.05) is 6.92 Å². The molecule has 0 amide bonds. The largest absolute Gasteiger partial charge is 0.324 e. The molecule has 1 aliphatic rings. The maximum Gasteiger partial charge on any atom is 0.140 e. The lowest BCUT2D eigenvalue weighted by molar-refractivity contribution is 0.582. The number of nitrogens with zero attached hydrogens (tertiary/aromatic N) is 3. The Balaban J connectivity index is 2.24. The van der Waals surface area contributed by atoms with Gasteiger partial charge in [0.2, 0.25) is 0 Å². The molecule has 1 aromatic heterocycles. The smallest absolute Gasteiger partial charge is 0.140 e. The summed E-state index contributed by atoms with van der Waals surface area (Å²) < 4.78 is 2.20. The maximum atomic E-state index is 5.85. The Morgan fingerprint density at radius 3 is 2.87 bits per heavy atom. The topological polar surface area (TPSA) is 56.7 Å². The fourth-order valence-corrected chi connectivity index (χ4v) is 2.09. The molecule has 0 aliphatic heterocycles. The zero-order valence-corrected chi connectivity index (χ0v) is 9.35. The molecule has 0 aromatic carbocycles. The van der Waals surface area contributed by atoms with Crippen molar-refractivity contribution in [1.29, 1.82) is 0 Å². The van der Waals surface area contributed by atoms with Crippen LogP contribution in [0.15, 0.2) is 12.2 Å². The van der Waals surface area contributed by atoms with Gasteiger partial charge in [-0.15, -0.1) is 10.2 Å². The lowest BCUT2D eigenvalue weighted by Gasteiger charge is -2.11. The van der Waals surface area contributed by atoms with E-state index in [0.29, 0.717) is 5.92 Å². The Bertz CT molecular complexity index is 367. The Labute approximate surface area is 90.2 Å². The van der Waals surface area contributed by atoms with Crippen LogP contribution in [0.3, 0.4) is 0 Å². The summed E-state index contributed by atoms with van der Waals surface area (Å²) in [4.78, 5) is 0. The minimum atomic E-state index is 0.182. The van der Waals surface area contributed by atoms with Gasteiger partial charge in [-0.3, -0.25) is 0 Å². The first-order chi connectivity index (χ1) is 7.22. The maximum absolute atomic E-state index is 5.85. The van der Waals surface area contributed by atoms with Crippen LogP contribution in [0.1, 0.15) is 37.3 Å². The van der Waals surface area contributed by atoms with Crippen LogP contribution in [0.25, 0.3) is 0 Å². The van der Waals surface area contributed by atoms with Crippen LogP contribution in [0.4, 0.5) is 0 Å². The van der Waals surface area contributed by atoms with Gasteiger partial charge in [-0.1, -0.05) is 19.1 Å². The zero-order valence-electron chi connectivity index (χ0n) is 9.35. The molecule has 0 saturated carbocycles. The van der Waals surface area contributed by atoms with E-state index in [1.54, 1.807) is 0 Å². The molecular weight excluding hydrogens is 188 g/mol. The van der Waals surface area contributed by atoms with Crippen molar-refractivity contribution in [2.24, 2.45) is 5.73 Å². The number of nitrogens with two attached hydrogens (primary N) is 1. The van der Waals surface area contributed by atoms with Gasteiger partial charge in [0.05, 0.1) is 0 Å². The molecule has 2 unspecified atom stereocenters. The molecule has 4 nitrogen and oxygen atoms in total. The lowest BCUT2D eigenvalue weighted by Crippen LogP contribution is -2.16. The third-order valence-corrected chi connectivity index (χ3v) is 2.86. The van der Waals surface area contributed by atoms with Crippen molar-refractivity contribution in [1.82, 2.24) is 14.8 Å². The molecule has 15 heavy (non-hydrogen) atoms. The average molecular weight is 206 g/mol. The average Bonchev–Trinajstić information content (AvgIpc) is 2.76. The molecule has 0 bridgehead atoms. The summed E-state index contributed by atoms with van der Waals surface area (Å²) in [6.45, 7) is 5.16. The van der Waals surface area contributed by atoms with Crippen LogP contribution in [0, 0.1) is 6.92 Å². The zero-order chi connectivity index (χ0) is 10.8. The molecule has 4 heteroatoms. The van der Waals surface area contributed by atoms with Crippen LogP contribution < -0.4 is 5.73 Å². The normalized spacial score (nSPS) is 25.0. The van der Waals surface area contributed by atoms with Crippen LogP contribution >= 0.6 is 0 Å². The van der Waals surface area contributed by atoms with E-state index in [9.17, 15) is 0 Å². The summed E-state index contributed by atoms with van der Waals surface area (Å²) in [6.07, 6.45) is 6.28. The molecule has 0 spiro atoms. The molecule has 2 rings (SSSR count). The quantitative estimate of drug-likeness (QED) is 0.760. The summed E-state index contributed by atoms with van der Waals surface area (Å²) in [7, 11) is 0. The van der Waals surface area contributed by atoms with Gasteiger partial charge in [0.15, 0.2) is 0 Å². The first-order valence-electron chi connectivity index (χ1n) is 5.56. The van der Waals surface area contributed by atoms with Crippen molar-refractivity contribution in [2.45, 2.75) is 45.2 Å². The number of rotatable bonds is 3. The number of allylic oxidation sites excluding steroid dienone is 1. The third-order valence-electron chi connectivity index (χ3n) is 2.86. The van der Waals surface area contributed by atoms with Gasteiger partial charge >= 0.3 is 0 Å². The van der Waals surface area contributed by atoms with E-state index < -0.39 is 0 Å². The van der Waals surface area contributed by atoms with Crippen LogP contribution in [-0.4, -0.2) is 20.8 Å². The number of aryl methyl sites for hydroxylation is 1. The van der Waals surface area contributed by atoms with Gasteiger partial charge < -0.3 is 10.3 Å². The number of hydrogen-bond donors (Lipinski definition) is 1. The predicted molar refractivity (Wildman–Crippen MR) is 59.5 cm³/mol. The molecule has 0 radical (unpaired) electrons. The van der Waals surface area contributed by atoms with Crippen molar-refractivity contribution >= 4 is 0 Å². The van der Waals surface area contributed by atoms with Crippen LogP contribution in [0.5, 0.6) is 0 Å². The van der Waals surface area contributed by atoms with Gasteiger partial charge in [0.25, 0.3) is 0 Å². The van der Waals surface area contributed by atoms with Gasteiger partial charge in [-0.25, -0.2) is 0 Å². The molecule has 0 fully saturated rings. The Morgan fingerprint density at radius 2 is 2.27 bits per heavy atom. The lowest BCUT2D eigenvalue weighted by atomic mass is 10.1. The highest BCUT2D eigenvalue weighted by Gasteiger charge is 2.22. The molecule has 0 saturated heterocycles. The van der Waals surface area contributed by atoms with Gasteiger partial charge in [0, 0.05) is 18.5 Å². The fraction of sp³-hybridized carbons (Fsp3) is 0.636. The van der Waals surface area contributed by atoms with E-state index in [1.165, 1.54) is 0 Å². The summed E-state index contributed by atoms with van der Waals surface area (Å²) in [5, 5.41) is 8.40. The fourth-order valence-electron chi connectivity index (χ4n) is 2.09. The second kappa shape index (κ2) is 4.14. The predicted octanol–water partition coefficient (Wildman–Crippen LogP) is 1.37. The first-order valence-corrected chi connectivity index (χ1v) is 5.56. The van der Waals surface area contributed by atoms with Crippen molar-refractivity contribution in [3.63, 3.8) is 0 Å². The summed E-state index contributed by atoms with van der Waals surface area (Å²) >= 11 is 0. The summed E-state index contributed by atoms with van der Waals surface area (Å²) in [5.41, 5.74) is 5.85. The van der Waals surface area contributed by atoms with E-state index in [2.05, 4.69) is 33.8 Å². The van der Waals surface area contributed by atoms with Crippen LogP contribution in [-0.2, 0) is 6.54 Å². The molecule has 1 aromatic rings. The number of hydrogen-bond acceptors (Lipinski definition) is 3. The standard InChI is InChI=1S/C11H18N4/c1-3-6-15-8(2)13-14-11(15)9-4-5-10(12)7-9/h4-5,9-10H,3,6-7,12H2,1-2H3. The highest BCUT2D eigenvalue weighted by Crippen LogP contribution is 2.26. The van der Waals surface area contributed by atoms with Gasteiger partial charge in [-0.05, 0) is 19.8 Å². The van der Waals surface area contributed by atoms with Crippen LogP contribution in [0.2, 0.25) is 0 Å². The molecule has 2 atom stereocenters. The van der Waals surface area contributed by atoms with Gasteiger partial charge in [0.1, 0.15) is 11.6 Å². The highest BCUT2D eigenvalue weighted by atomic mass is 15.3. The third kappa shape index (κ3) is 1.95. The Hall–Kier alpha value is -1.16. The first kappa shape index (κ1) is 10.4. The molecular formula is C11H18N4. The number of aromatic nitrogens is 3. The molecule has 1 aliphatic carbocycles. The highest BCUT2D eigenvalue weighted by molar-refractivity contribution is 5.18. The molecule has 1 heterocycles. The van der Waals surface area contributed by atoms with Crippen molar-refractivity contribution in [2.75, 3.05) is 0 Å². The molecule has 82 valence electrons. The second-order valence-corrected chi connectivity index (χ2v) is 4.15. The van der Waals surface area contributed by atoms with Gasteiger partial charge in [-0.2, -0.15) is 0 Å².